The highest BCUT2D eigenvalue weighted by atomic mass is 16.5. The normalized spacial score (nSPS) is 16.7. The molecule has 6 heteroatoms. The highest BCUT2D eigenvalue weighted by molar-refractivity contribution is 5.56. The van der Waals surface area contributed by atoms with Gasteiger partial charge in [-0.15, -0.1) is 0 Å². The molecule has 0 rings (SSSR count). The maximum Gasteiger partial charge on any atom is 0.151 e. The first-order chi connectivity index (χ1) is 13.0. The molecule has 0 saturated carbocycles. The molecule has 4 atom stereocenters. The number of ether oxygens (including phenoxy) is 1. The Balaban J connectivity index is 3.36. The average molecular weight is 378 g/mol. The minimum atomic E-state index is -1.72. The Labute approximate surface area is 160 Å². The summed E-state index contributed by atoms with van der Waals surface area (Å²) in [6, 6.07) is 0. The summed E-state index contributed by atoms with van der Waals surface area (Å²) >= 11 is 0. The van der Waals surface area contributed by atoms with E-state index in [-0.39, 0.29) is 12.9 Å². The van der Waals surface area contributed by atoms with E-state index in [4.69, 9.17) is 11.2 Å². The van der Waals surface area contributed by atoms with Gasteiger partial charge < -0.3 is 30.0 Å². The highest BCUT2D eigenvalue weighted by Crippen LogP contribution is 2.12. The number of aliphatic hydroxyl groups is 4. The molecule has 156 valence electrons. The summed E-state index contributed by atoms with van der Waals surface area (Å²) in [6.45, 7) is 0.877. The van der Waals surface area contributed by atoms with E-state index in [1.807, 2.05) is 0 Å². The molecule has 0 fully saturated rings. The van der Waals surface area contributed by atoms with Gasteiger partial charge in [0.05, 0.1) is 6.61 Å². The van der Waals surface area contributed by atoms with Crippen molar-refractivity contribution in [2.75, 3.05) is 13.2 Å². The van der Waals surface area contributed by atoms with E-state index >= 15 is 0 Å². The molecule has 0 aliphatic carbocycles. The molecule has 0 aromatic rings. The third-order valence-electron chi connectivity index (χ3n) is 4.56. The van der Waals surface area contributed by atoms with Gasteiger partial charge in [0.1, 0.15) is 24.4 Å². The third-order valence-corrected chi connectivity index (χ3v) is 4.56. The van der Waals surface area contributed by atoms with Gasteiger partial charge in [0.2, 0.25) is 0 Å². The second kappa shape index (κ2) is 17.9. The van der Waals surface area contributed by atoms with Gasteiger partial charge in [0.25, 0.3) is 0 Å². The molecule has 0 saturated heterocycles. The van der Waals surface area contributed by atoms with Gasteiger partial charge in [-0.1, -0.05) is 77.5 Å². The minimum absolute atomic E-state index is 0.114. The number of hydrogen-bond donors (Lipinski definition) is 4. The summed E-state index contributed by atoms with van der Waals surface area (Å²) in [7, 11) is 0. The van der Waals surface area contributed by atoms with Crippen LogP contribution in [0.25, 0.3) is 0 Å². The molecule has 0 spiro atoms. The van der Waals surface area contributed by atoms with Crippen molar-refractivity contribution < 1.29 is 31.3 Å². The first-order valence-electron chi connectivity index (χ1n) is 10.8. The van der Waals surface area contributed by atoms with Gasteiger partial charge in [-0.05, 0) is 6.42 Å². The maximum atomic E-state index is 10.3. The summed E-state index contributed by atoms with van der Waals surface area (Å²) < 4.78 is 12.4. The van der Waals surface area contributed by atoms with Gasteiger partial charge in [0, 0.05) is 7.98 Å². The molecule has 0 radical (unpaired) electrons. The zero-order chi connectivity index (χ0) is 20.3. The van der Waals surface area contributed by atoms with Crippen LogP contribution in [-0.4, -0.2) is 64.3 Å². The minimum Gasteiger partial charge on any atom is -0.388 e. The van der Waals surface area contributed by atoms with Gasteiger partial charge in [0.15, 0.2) is 6.29 Å². The van der Waals surface area contributed by atoms with Crippen LogP contribution < -0.4 is 0 Å². The first-order valence-corrected chi connectivity index (χ1v) is 10.1. The Morgan fingerprint density at radius 3 is 1.81 bits per heavy atom. The van der Waals surface area contributed by atoms with E-state index in [1.54, 1.807) is 0 Å². The quantitative estimate of drug-likeness (QED) is 0.203. The Morgan fingerprint density at radius 1 is 0.808 bits per heavy atom. The molecule has 0 amide bonds. The number of carbonyl (C=O) groups is 1. The SMILES string of the molecule is [2H]CCCCCCCCCCCCCCOC[C@@H](O)[C@@H](O)[C@H](O)[C@@H](O)C=O. The van der Waals surface area contributed by atoms with Crippen LogP contribution in [0.1, 0.15) is 85.3 Å². The van der Waals surface area contributed by atoms with E-state index in [2.05, 4.69) is 0 Å². The van der Waals surface area contributed by atoms with E-state index in [0.717, 1.165) is 25.7 Å². The fourth-order valence-corrected chi connectivity index (χ4v) is 2.78. The first kappa shape index (κ1) is 23.5. The largest absolute Gasteiger partial charge is 0.388 e. The van der Waals surface area contributed by atoms with Crippen molar-refractivity contribution in [2.24, 2.45) is 0 Å². The third kappa shape index (κ3) is 13.6. The van der Waals surface area contributed by atoms with Gasteiger partial charge in [-0.2, -0.15) is 0 Å². The standard InChI is InChI=1S/C20H40O6/c1-2-3-4-5-6-7-8-9-10-11-12-13-14-26-16-18(23)20(25)19(24)17(22)15-21/h15,17-20,22-25H,2-14,16H2,1H3/t17-,18+,19+,20+/m0/s1/i1D. The number of hydrogen-bond acceptors (Lipinski definition) is 6. The van der Waals surface area contributed by atoms with E-state index < -0.39 is 24.4 Å². The van der Waals surface area contributed by atoms with Crippen molar-refractivity contribution in [1.29, 1.82) is 0 Å². The van der Waals surface area contributed by atoms with Crippen LogP contribution in [0.2, 0.25) is 0 Å². The zero-order valence-electron chi connectivity index (χ0n) is 17.1. The van der Waals surface area contributed by atoms with Crippen LogP contribution in [0, 0.1) is 0 Å². The topological polar surface area (TPSA) is 107 Å². The molecule has 0 aromatic heterocycles. The van der Waals surface area contributed by atoms with Crippen molar-refractivity contribution in [3.8, 4) is 0 Å². The second-order valence-corrected chi connectivity index (χ2v) is 6.99. The summed E-state index contributed by atoms with van der Waals surface area (Å²) in [4.78, 5) is 10.3. The van der Waals surface area contributed by atoms with Gasteiger partial charge >= 0.3 is 0 Å². The van der Waals surface area contributed by atoms with Crippen molar-refractivity contribution in [3.05, 3.63) is 0 Å². The van der Waals surface area contributed by atoms with Gasteiger partial charge in [-0.3, -0.25) is 0 Å². The molecule has 0 bridgehead atoms. The summed E-state index contributed by atoms with van der Waals surface area (Å²) in [5, 5.41) is 37.8. The molecule has 26 heavy (non-hydrogen) atoms. The predicted molar refractivity (Wildman–Crippen MR) is 102 cm³/mol. The lowest BCUT2D eigenvalue weighted by atomic mass is 10.0. The molecule has 0 heterocycles. The molecule has 4 N–H and O–H groups in total. The smallest absolute Gasteiger partial charge is 0.151 e. The Hall–Kier alpha value is -0.530. The van der Waals surface area contributed by atoms with Crippen LogP contribution in [0.4, 0.5) is 0 Å². The number of aliphatic hydroxyl groups excluding tert-OH is 4. The molecule has 0 unspecified atom stereocenters. The number of unbranched alkanes of at least 4 members (excludes halogenated alkanes) is 11. The Bertz CT molecular complexity index is 332. The second-order valence-electron chi connectivity index (χ2n) is 6.99. The Kier molecular flexibility index (Phi) is 16.2. The van der Waals surface area contributed by atoms with Crippen molar-refractivity contribution >= 4 is 6.29 Å². The van der Waals surface area contributed by atoms with E-state index in [1.165, 1.54) is 51.4 Å². The van der Waals surface area contributed by atoms with E-state index in [0.29, 0.717) is 13.5 Å². The highest BCUT2D eigenvalue weighted by Gasteiger charge is 2.30. The fourth-order valence-electron chi connectivity index (χ4n) is 2.78. The predicted octanol–water partition coefficient (Wildman–Crippen LogP) is 2.35. The molecule has 0 aliphatic rings. The van der Waals surface area contributed by atoms with E-state index in [9.17, 15) is 20.1 Å². The summed E-state index contributed by atoms with van der Waals surface area (Å²) in [5.41, 5.74) is 0. The summed E-state index contributed by atoms with van der Waals surface area (Å²) in [6.07, 6.45) is 7.95. The molecular formula is C20H40O6. The molecule has 0 aliphatic heterocycles. The van der Waals surface area contributed by atoms with Crippen molar-refractivity contribution in [3.63, 3.8) is 0 Å². The van der Waals surface area contributed by atoms with Gasteiger partial charge in [-0.25, -0.2) is 0 Å². The number of carbonyl (C=O) groups excluding carboxylic acids is 1. The fraction of sp³-hybridized carbons (Fsp3) is 0.950. The Morgan fingerprint density at radius 2 is 1.31 bits per heavy atom. The van der Waals surface area contributed by atoms with Crippen LogP contribution in [0.15, 0.2) is 0 Å². The van der Waals surface area contributed by atoms with Crippen LogP contribution in [0.3, 0.4) is 0 Å². The maximum absolute atomic E-state index is 10.3. The lowest BCUT2D eigenvalue weighted by molar-refractivity contribution is -0.138. The number of rotatable bonds is 19. The van der Waals surface area contributed by atoms with Crippen LogP contribution >= 0.6 is 0 Å². The average Bonchev–Trinajstić information content (AvgIpc) is 2.68. The monoisotopic (exact) mass is 377 g/mol. The lowest BCUT2D eigenvalue weighted by Crippen LogP contribution is -2.46. The lowest BCUT2D eigenvalue weighted by Gasteiger charge is -2.23. The molecular weight excluding hydrogens is 336 g/mol. The van der Waals surface area contributed by atoms with Crippen molar-refractivity contribution in [2.45, 2.75) is 108 Å². The number of aldehydes is 1. The van der Waals surface area contributed by atoms with Crippen LogP contribution in [-0.2, 0) is 9.53 Å². The van der Waals surface area contributed by atoms with Crippen molar-refractivity contribution in [1.82, 2.24) is 0 Å². The zero-order valence-corrected chi connectivity index (χ0v) is 16.1. The molecule has 0 aromatic carbocycles. The van der Waals surface area contributed by atoms with Crippen LogP contribution in [0.5, 0.6) is 0 Å². The summed E-state index contributed by atoms with van der Waals surface area (Å²) in [5.74, 6) is 0. The molecule has 6 nitrogen and oxygen atoms in total.